The molecule has 2 unspecified atom stereocenters. The molecule has 6 heteroatoms. The van der Waals surface area contributed by atoms with Gasteiger partial charge < -0.3 is 14.5 Å². The van der Waals surface area contributed by atoms with Gasteiger partial charge >= 0.3 is 0 Å². The fraction of sp³-hybridized carbons (Fsp3) is 0.286. The second kappa shape index (κ2) is 7.61. The van der Waals surface area contributed by atoms with Gasteiger partial charge in [-0.1, -0.05) is 24.3 Å². The van der Waals surface area contributed by atoms with Crippen molar-refractivity contribution in [3.63, 3.8) is 0 Å². The van der Waals surface area contributed by atoms with Crippen LogP contribution in [0.5, 0.6) is 5.75 Å². The summed E-state index contributed by atoms with van der Waals surface area (Å²) < 4.78 is 11.0. The van der Waals surface area contributed by atoms with Crippen molar-refractivity contribution < 1.29 is 13.9 Å². The molecule has 0 aliphatic heterocycles. The highest BCUT2D eigenvalue weighted by molar-refractivity contribution is 5.81. The number of aromatic nitrogens is 2. The molecule has 0 radical (unpaired) electrons. The molecule has 0 fully saturated rings. The van der Waals surface area contributed by atoms with Gasteiger partial charge in [0.2, 0.25) is 12.3 Å². The van der Waals surface area contributed by atoms with E-state index in [-0.39, 0.29) is 11.9 Å². The summed E-state index contributed by atoms with van der Waals surface area (Å²) in [4.78, 5) is 12.6. The number of aryl methyl sites for hydroxylation is 1. The van der Waals surface area contributed by atoms with Crippen LogP contribution in [-0.4, -0.2) is 22.2 Å². The van der Waals surface area contributed by atoms with Crippen LogP contribution < -0.4 is 10.1 Å². The molecular formula is C21H21N3O3. The van der Waals surface area contributed by atoms with Crippen LogP contribution in [-0.2, 0) is 11.2 Å². The Balaban J connectivity index is 1.39. The van der Waals surface area contributed by atoms with Crippen LogP contribution >= 0.6 is 0 Å². The monoisotopic (exact) mass is 363 g/mol. The number of nitrogens with zero attached hydrogens (tertiary/aromatic N) is 2. The van der Waals surface area contributed by atoms with Crippen LogP contribution in [0.2, 0.25) is 0 Å². The van der Waals surface area contributed by atoms with E-state index in [4.69, 9.17) is 9.15 Å². The number of rotatable bonds is 5. The van der Waals surface area contributed by atoms with Crippen molar-refractivity contribution in [2.45, 2.75) is 38.3 Å². The SMILES string of the molecule is CC(Oc1ccc(-c2nnco2)cc1)C(=O)NC1CCCc2ccccc21. The second-order valence-electron chi connectivity index (χ2n) is 6.68. The molecule has 0 saturated carbocycles. The first kappa shape index (κ1) is 17.3. The Morgan fingerprint density at radius 2 is 2.04 bits per heavy atom. The number of fused-ring (bicyclic) bond motifs is 1. The Bertz CT molecular complexity index is 907. The van der Waals surface area contributed by atoms with Gasteiger partial charge in [-0.15, -0.1) is 10.2 Å². The lowest BCUT2D eigenvalue weighted by Gasteiger charge is -2.27. The third-order valence-corrected chi connectivity index (χ3v) is 4.83. The molecule has 6 nitrogen and oxygen atoms in total. The number of amides is 1. The van der Waals surface area contributed by atoms with Gasteiger partial charge in [-0.05, 0) is 61.6 Å². The van der Waals surface area contributed by atoms with E-state index >= 15 is 0 Å². The first-order valence-electron chi connectivity index (χ1n) is 9.12. The second-order valence-corrected chi connectivity index (χ2v) is 6.68. The average molecular weight is 363 g/mol. The van der Waals surface area contributed by atoms with Crippen molar-refractivity contribution in [3.8, 4) is 17.2 Å². The molecule has 0 spiro atoms. The number of benzene rings is 2. The molecule has 1 aliphatic carbocycles. The van der Waals surface area contributed by atoms with Gasteiger partial charge in [0.15, 0.2) is 6.10 Å². The quantitative estimate of drug-likeness (QED) is 0.748. The Kier molecular flexibility index (Phi) is 4.87. The van der Waals surface area contributed by atoms with Crippen molar-refractivity contribution in [3.05, 3.63) is 66.1 Å². The summed E-state index contributed by atoms with van der Waals surface area (Å²) in [6.07, 6.45) is 3.80. The Labute approximate surface area is 157 Å². The van der Waals surface area contributed by atoms with Gasteiger partial charge in [0.25, 0.3) is 5.91 Å². The molecule has 1 heterocycles. The molecule has 27 heavy (non-hydrogen) atoms. The number of ether oxygens (including phenoxy) is 1. The molecule has 4 rings (SSSR count). The van der Waals surface area contributed by atoms with Crippen molar-refractivity contribution in [1.82, 2.24) is 15.5 Å². The van der Waals surface area contributed by atoms with Gasteiger partial charge in [-0.25, -0.2) is 0 Å². The Morgan fingerprint density at radius 3 is 2.81 bits per heavy atom. The van der Waals surface area contributed by atoms with Crippen LogP contribution in [0, 0.1) is 0 Å². The van der Waals surface area contributed by atoms with E-state index < -0.39 is 6.10 Å². The topological polar surface area (TPSA) is 77.2 Å². The first-order valence-corrected chi connectivity index (χ1v) is 9.12. The summed E-state index contributed by atoms with van der Waals surface area (Å²) in [7, 11) is 0. The largest absolute Gasteiger partial charge is 0.481 e. The summed E-state index contributed by atoms with van der Waals surface area (Å²) in [5.74, 6) is 0.950. The van der Waals surface area contributed by atoms with Crippen molar-refractivity contribution in [1.29, 1.82) is 0 Å². The van der Waals surface area contributed by atoms with Crippen molar-refractivity contribution >= 4 is 5.91 Å². The molecule has 3 aromatic rings. The predicted octanol–water partition coefficient (Wildman–Crippen LogP) is 3.70. The van der Waals surface area contributed by atoms with Crippen LogP contribution in [0.4, 0.5) is 0 Å². The molecule has 1 N–H and O–H groups in total. The van der Waals surface area contributed by atoms with E-state index in [1.165, 1.54) is 17.5 Å². The average Bonchev–Trinajstić information content (AvgIpc) is 3.23. The fourth-order valence-corrected chi connectivity index (χ4v) is 3.43. The smallest absolute Gasteiger partial charge is 0.261 e. The molecule has 0 bridgehead atoms. The van der Waals surface area contributed by atoms with Crippen LogP contribution in [0.15, 0.2) is 59.3 Å². The lowest BCUT2D eigenvalue weighted by molar-refractivity contribution is -0.128. The van der Waals surface area contributed by atoms with E-state index in [1.807, 2.05) is 24.3 Å². The van der Waals surface area contributed by atoms with E-state index in [1.54, 1.807) is 19.1 Å². The van der Waals surface area contributed by atoms with E-state index in [9.17, 15) is 4.79 Å². The zero-order valence-electron chi connectivity index (χ0n) is 15.1. The third kappa shape index (κ3) is 3.84. The Hall–Kier alpha value is -3.15. The van der Waals surface area contributed by atoms with Gasteiger partial charge in [0.05, 0.1) is 6.04 Å². The molecule has 138 valence electrons. The molecule has 2 aromatic carbocycles. The number of nitrogens with one attached hydrogen (secondary N) is 1. The zero-order chi connectivity index (χ0) is 18.6. The van der Waals surface area contributed by atoms with Crippen LogP contribution in [0.1, 0.15) is 36.9 Å². The van der Waals surface area contributed by atoms with Crippen LogP contribution in [0.25, 0.3) is 11.5 Å². The number of hydrogen-bond acceptors (Lipinski definition) is 5. The zero-order valence-corrected chi connectivity index (χ0v) is 15.1. The third-order valence-electron chi connectivity index (χ3n) is 4.83. The van der Waals surface area contributed by atoms with Gasteiger partial charge in [-0.2, -0.15) is 0 Å². The summed E-state index contributed by atoms with van der Waals surface area (Å²) >= 11 is 0. The van der Waals surface area contributed by atoms with Gasteiger partial charge in [-0.3, -0.25) is 4.79 Å². The molecule has 1 amide bonds. The number of carbonyl (C=O) groups is 1. The first-order chi connectivity index (χ1) is 13.2. The number of hydrogen-bond donors (Lipinski definition) is 1. The maximum atomic E-state index is 12.6. The standard InChI is InChI=1S/C21H21N3O3/c1-14(27-17-11-9-16(10-12-17)21-24-22-13-26-21)20(25)23-19-8-4-6-15-5-2-3-7-18(15)19/h2-3,5,7,9-14,19H,4,6,8H2,1H3,(H,23,25). The van der Waals surface area contributed by atoms with Gasteiger partial charge in [0, 0.05) is 5.56 Å². The van der Waals surface area contributed by atoms with Gasteiger partial charge in [0.1, 0.15) is 5.75 Å². The fourth-order valence-electron chi connectivity index (χ4n) is 3.43. The van der Waals surface area contributed by atoms with E-state index in [0.717, 1.165) is 24.8 Å². The predicted molar refractivity (Wildman–Crippen MR) is 100 cm³/mol. The van der Waals surface area contributed by atoms with Crippen LogP contribution in [0.3, 0.4) is 0 Å². The molecular weight excluding hydrogens is 342 g/mol. The lowest BCUT2D eigenvalue weighted by atomic mass is 9.87. The summed E-state index contributed by atoms with van der Waals surface area (Å²) in [6.45, 7) is 1.76. The minimum atomic E-state index is -0.589. The summed E-state index contributed by atoms with van der Waals surface area (Å²) in [6, 6.07) is 15.6. The molecule has 1 aliphatic rings. The highest BCUT2D eigenvalue weighted by atomic mass is 16.5. The minimum absolute atomic E-state index is 0.0494. The summed E-state index contributed by atoms with van der Waals surface area (Å²) in [5, 5.41) is 10.7. The molecule has 0 saturated heterocycles. The van der Waals surface area contributed by atoms with Crippen molar-refractivity contribution in [2.75, 3.05) is 0 Å². The van der Waals surface area contributed by atoms with E-state index in [2.05, 4.69) is 27.6 Å². The summed E-state index contributed by atoms with van der Waals surface area (Å²) in [5.41, 5.74) is 3.34. The normalized spacial score (nSPS) is 17.0. The molecule has 1 aromatic heterocycles. The van der Waals surface area contributed by atoms with E-state index in [0.29, 0.717) is 11.6 Å². The highest BCUT2D eigenvalue weighted by Gasteiger charge is 2.24. The maximum Gasteiger partial charge on any atom is 0.261 e. The number of carbonyl (C=O) groups excluding carboxylic acids is 1. The highest BCUT2D eigenvalue weighted by Crippen LogP contribution is 2.29. The maximum absolute atomic E-state index is 12.6. The lowest BCUT2D eigenvalue weighted by Crippen LogP contribution is -2.39. The van der Waals surface area contributed by atoms with Crippen molar-refractivity contribution in [2.24, 2.45) is 0 Å². The molecule has 2 atom stereocenters. The Morgan fingerprint density at radius 1 is 1.22 bits per heavy atom. The minimum Gasteiger partial charge on any atom is -0.481 e.